The van der Waals surface area contributed by atoms with Crippen molar-refractivity contribution in [1.29, 1.82) is 0 Å². The second-order valence-corrected chi connectivity index (χ2v) is 5.34. The van der Waals surface area contributed by atoms with Gasteiger partial charge in [-0.05, 0) is 43.6 Å². The second-order valence-electron chi connectivity index (χ2n) is 5.34. The summed E-state index contributed by atoms with van der Waals surface area (Å²) in [5.74, 6) is 1.75. The summed E-state index contributed by atoms with van der Waals surface area (Å²) in [6.45, 7) is 7.03. The molecule has 0 saturated carbocycles. The lowest BCUT2D eigenvalue weighted by Crippen LogP contribution is -2.36. The fourth-order valence-corrected chi connectivity index (χ4v) is 2.79. The first-order valence-electron chi connectivity index (χ1n) is 7.19. The number of fused-ring (bicyclic) bond motifs is 1. The minimum absolute atomic E-state index is 0.352. The van der Waals surface area contributed by atoms with Crippen LogP contribution < -0.4 is 14.8 Å². The lowest BCUT2D eigenvalue weighted by Gasteiger charge is -2.23. The van der Waals surface area contributed by atoms with Crippen molar-refractivity contribution >= 4 is 0 Å². The predicted octanol–water partition coefficient (Wildman–Crippen LogP) is 1.99. The van der Waals surface area contributed by atoms with Crippen molar-refractivity contribution in [2.45, 2.75) is 32.4 Å². The topological polar surface area (TPSA) is 33.7 Å². The Kier molecular flexibility index (Phi) is 3.89. The fourth-order valence-electron chi connectivity index (χ4n) is 2.79. The first-order valence-corrected chi connectivity index (χ1v) is 7.19. The molecule has 4 nitrogen and oxygen atoms in total. The van der Waals surface area contributed by atoms with E-state index in [0.29, 0.717) is 12.8 Å². The predicted molar refractivity (Wildman–Crippen MR) is 74.5 cm³/mol. The van der Waals surface area contributed by atoms with Gasteiger partial charge in [-0.1, -0.05) is 13.0 Å². The average molecular weight is 262 g/mol. The molecule has 1 unspecified atom stereocenters. The van der Waals surface area contributed by atoms with E-state index in [1.165, 1.54) is 18.4 Å². The molecule has 0 bridgehead atoms. The van der Waals surface area contributed by atoms with Crippen molar-refractivity contribution < 1.29 is 9.47 Å². The van der Waals surface area contributed by atoms with E-state index < -0.39 is 0 Å². The Morgan fingerprint density at radius 3 is 3.11 bits per heavy atom. The van der Waals surface area contributed by atoms with Crippen molar-refractivity contribution in [2.75, 3.05) is 26.4 Å². The van der Waals surface area contributed by atoms with Crippen molar-refractivity contribution in [3.63, 3.8) is 0 Å². The molecule has 0 amide bonds. The van der Waals surface area contributed by atoms with Crippen LogP contribution in [0.3, 0.4) is 0 Å². The zero-order chi connectivity index (χ0) is 13.1. The molecule has 0 radical (unpaired) electrons. The number of hydrogen-bond acceptors (Lipinski definition) is 4. The van der Waals surface area contributed by atoms with Gasteiger partial charge in [0.15, 0.2) is 11.5 Å². The SMILES string of the molecule is CCC1CN(Cc2ccc3c(c2)OCO3)CCCN1. The molecule has 4 heteroatoms. The van der Waals surface area contributed by atoms with Gasteiger partial charge in [0.1, 0.15) is 0 Å². The Hall–Kier alpha value is -1.26. The molecule has 1 N–H and O–H groups in total. The van der Waals surface area contributed by atoms with Crippen LogP contribution in [0, 0.1) is 0 Å². The number of hydrogen-bond donors (Lipinski definition) is 1. The number of nitrogens with zero attached hydrogens (tertiary/aromatic N) is 1. The summed E-state index contributed by atoms with van der Waals surface area (Å²) in [7, 11) is 0. The molecule has 1 fully saturated rings. The molecule has 0 aromatic heterocycles. The second kappa shape index (κ2) is 5.80. The van der Waals surface area contributed by atoms with Crippen molar-refractivity contribution in [1.82, 2.24) is 10.2 Å². The summed E-state index contributed by atoms with van der Waals surface area (Å²) in [5.41, 5.74) is 1.31. The first kappa shape index (κ1) is 12.8. The van der Waals surface area contributed by atoms with Gasteiger partial charge in [0.25, 0.3) is 0 Å². The third-order valence-electron chi connectivity index (χ3n) is 3.90. The first-order chi connectivity index (χ1) is 9.35. The van der Waals surface area contributed by atoms with E-state index in [4.69, 9.17) is 9.47 Å². The van der Waals surface area contributed by atoms with Crippen LogP contribution in [0.4, 0.5) is 0 Å². The summed E-state index contributed by atoms with van der Waals surface area (Å²) < 4.78 is 10.8. The highest BCUT2D eigenvalue weighted by molar-refractivity contribution is 5.44. The molecule has 3 rings (SSSR count). The smallest absolute Gasteiger partial charge is 0.231 e. The van der Waals surface area contributed by atoms with E-state index in [-0.39, 0.29) is 0 Å². The van der Waals surface area contributed by atoms with Crippen LogP contribution in [-0.4, -0.2) is 37.4 Å². The third-order valence-corrected chi connectivity index (χ3v) is 3.90. The normalized spacial score (nSPS) is 23.3. The van der Waals surface area contributed by atoms with Crippen molar-refractivity contribution in [3.05, 3.63) is 23.8 Å². The maximum absolute atomic E-state index is 5.44. The highest BCUT2D eigenvalue weighted by atomic mass is 16.7. The highest BCUT2D eigenvalue weighted by Gasteiger charge is 2.18. The number of benzene rings is 1. The molecule has 2 aliphatic rings. The van der Waals surface area contributed by atoms with E-state index in [1.54, 1.807) is 0 Å². The van der Waals surface area contributed by atoms with E-state index >= 15 is 0 Å². The summed E-state index contributed by atoms with van der Waals surface area (Å²) in [6.07, 6.45) is 2.42. The molecule has 1 saturated heterocycles. The van der Waals surface area contributed by atoms with Crippen molar-refractivity contribution in [3.8, 4) is 11.5 Å². The molecule has 0 spiro atoms. The van der Waals surface area contributed by atoms with Crippen molar-refractivity contribution in [2.24, 2.45) is 0 Å². The minimum Gasteiger partial charge on any atom is -0.454 e. The quantitative estimate of drug-likeness (QED) is 0.903. The average Bonchev–Trinajstić information content (AvgIpc) is 2.77. The molecule has 1 aromatic rings. The Labute approximate surface area is 114 Å². The summed E-state index contributed by atoms with van der Waals surface area (Å²) in [6, 6.07) is 6.90. The van der Waals surface area contributed by atoms with Gasteiger partial charge in [-0.15, -0.1) is 0 Å². The lowest BCUT2D eigenvalue weighted by molar-refractivity contribution is 0.174. The molecule has 104 valence electrons. The maximum Gasteiger partial charge on any atom is 0.231 e. The van der Waals surface area contributed by atoms with E-state index in [2.05, 4.69) is 29.3 Å². The van der Waals surface area contributed by atoms with Crippen LogP contribution in [0.1, 0.15) is 25.3 Å². The Bertz CT molecular complexity index is 436. The van der Waals surface area contributed by atoms with Gasteiger partial charge in [-0.2, -0.15) is 0 Å². The number of ether oxygens (including phenoxy) is 2. The highest BCUT2D eigenvalue weighted by Crippen LogP contribution is 2.32. The monoisotopic (exact) mass is 262 g/mol. The summed E-state index contributed by atoms with van der Waals surface area (Å²) in [4.78, 5) is 2.53. The van der Waals surface area contributed by atoms with Gasteiger partial charge in [0, 0.05) is 19.1 Å². The van der Waals surface area contributed by atoms with Gasteiger partial charge in [-0.3, -0.25) is 4.90 Å². The van der Waals surface area contributed by atoms with E-state index in [9.17, 15) is 0 Å². The molecule has 1 atom stereocenters. The van der Waals surface area contributed by atoms with Crippen LogP contribution in [0.25, 0.3) is 0 Å². The molecule has 19 heavy (non-hydrogen) atoms. The summed E-state index contributed by atoms with van der Waals surface area (Å²) in [5, 5.41) is 3.60. The molecule has 1 aromatic carbocycles. The Morgan fingerprint density at radius 1 is 1.32 bits per heavy atom. The maximum atomic E-state index is 5.44. The third kappa shape index (κ3) is 3.01. The standard InChI is InChI=1S/C15H22N2O2/c1-2-13-10-17(7-3-6-16-13)9-12-4-5-14-15(8-12)19-11-18-14/h4-5,8,13,16H,2-3,6-7,9-11H2,1H3. The number of rotatable bonds is 3. The molecule has 2 heterocycles. The zero-order valence-electron chi connectivity index (χ0n) is 11.5. The summed E-state index contributed by atoms with van der Waals surface area (Å²) >= 11 is 0. The molecular weight excluding hydrogens is 240 g/mol. The van der Waals surface area contributed by atoms with Gasteiger partial charge in [0.05, 0.1) is 0 Å². The van der Waals surface area contributed by atoms with Gasteiger partial charge < -0.3 is 14.8 Å². The largest absolute Gasteiger partial charge is 0.454 e. The molecule has 0 aliphatic carbocycles. The Morgan fingerprint density at radius 2 is 2.21 bits per heavy atom. The van der Waals surface area contributed by atoms with E-state index in [1.807, 2.05) is 6.07 Å². The van der Waals surface area contributed by atoms with Gasteiger partial charge in [0.2, 0.25) is 6.79 Å². The molecular formula is C15H22N2O2. The number of nitrogens with one attached hydrogen (secondary N) is 1. The van der Waals surface area contributed by atoms with Crippen LogP contribution in [0.2, 0.25) is 0 Å². The minimum atomic E-state index is 0.352. The zero-order valence-corrected chi connectivity index (χ0v) is 11.5. The van der Waals surface area contributed by atoms with Gasteiger partial charge >= 0.3 is 0 Å². The van der Waals surface area contributed by atoms with E-state index in [0.717, 1.165) is 37.7 Å². The molecule has 2 aliphatic heterocycles. The van der Waals surface area contributed by atoms with Crippen LogP contribution in [-0.2, 0) is 6.54 Å². The fraction of sp³-hybridized carbons (Fsp3) is 0.600. The Balaban J connectivity index is 1.66. The van der Waals surface area contributed by atoms with Crippen LogP contribution in [0.5, 0.6) is 11.5 Å². The van der Waals surface area contributed by atoms with Crippen LogP contribution >= 0.6 is 0 Å². The lowest BCUT2D eigenvalue weighted by atomic mass is 10.1. The van der Waals surface area contributed by atoms with Crippen LogP contribution in [0.15, 0.2) is 18.2 Å². The van der Waals surface area contributed by atoms with Gasteiger partial charge in [-0.25, -0.2) is 0 Å².